The SMILES string of the molecule is COc1cccc(CN(C(=O)COc2ccccc2)[C@H](Cc2ccccc2)C(=O)NC(C)(C)C)c1. The Morgan fingerprint density at radius 3 is 2.09 bits per heavy atom. The average Bonchev–Trinajstić information content (AvgIpc) is 2.85. The van der Waals surface area contributed by atoms with Gasteiger partial charge < -0.3 is 19.7 Å². The van der Waals surface area contributed by atoms with Gasteiger partial charge >= 0.3 is 0 Å². The molecular formula is C29H34N2O4. The third-order valence-corrected chi connectivity index (χ3v) is 5.36. The molecule has 3 aromatic rings. The van der Waals surface area contributed by atoms with Crippen molar-refractivity contribution in [1.29, 1.82) is 0 Å². The van der Waals surface area contributed by atoms with Crippen molar-refractivity contribution >= 4 is 11.8 Å². The number of methoxy groups -OCH3 is 1. The molecule has 0 saturated carbocycles. The number of benzene rings is 3. The van der Waals surface area contributed by atoms with Crippen molar-refractivity contribution in [3.05, 3.63) is 96.1 Å². The Balaban J connectivity index is 1.94. The van der Waals surface area contributed by atoms with Gasteiger partial charge in [-0.15, -0.1) is 0 Å². The molecule has 0 fully saturated rings. The number of carbonyl (C=O) groups excluding carboxylic acids is 2. The van der Waals surface area contributed by atoms with E-state index in [2.05, 4.69) is 5.32 Å². The van der Waals surface area contributed by atoms with Crippen molar-refractivity contribution in [2.45, 2.75) is 45.3 Å². The van der Waals surface area contributed by atoms with Crippen LogP contribution in [0, 0.1) is 0 Å². The fourth-order valence-electron chi connectivity index (χ4n) is 3.72. The second kappa shape index (κ2) is 12.1. The van der Waals surface area contributed by atoms with Crippen LogP contribution < -0.4 is 14.8 Å². The van der Waals surface area contributed by atoms with E-state index in [1.807, 2.05) is 93.6 Å². The third-order valence-electron chi connectivity index (χ3n) is 5.36. The summed E-state index contributed by atoms with van der Waals surface area (Å²) in [5, 5.41) is 3.06. The summed E-state index contributed by atoms with van der Waals surface area (Å²) >= 11 is 0. The summed E-state index contributed by atoms with van der Waals surface area (Å²) in [5.41, 5.74) is 1.38. The largest absolute Gasteiger partial charge is 0.497 e. The van der Waals surface area contributed by atoms with Gasteiger partial charge in [-0.25, -0.2) is 0 Å². The van der Waals surface area contributed by atoms with E-state index in [-0.39, 0.29) is 25.0 Å². The maximum atomic E-state index is 13.6. The minimum Gasteiger partial charge on any atom is -0.497 e. The molecule has 0 heterocycles. The summed E-state index contributed by atoms with van der Waals surface area (Å²) in [4.78, 5) is 28.7. The zero-order valence-electron chi connectivity index (χ0n) is 20.9. The smallest absolute Gasteiger partial charge is 0.261 e. The molecule has 0 aromatic heterocycles. The normalized spacial score (nSPS) is 11.9. The second-order valence-corrected chi connectivity index (χ2v) is 9.42. The van der Waals surface area contributed by atoms with Crippen LogP contribution in [0.4, 0.5) is 0 Å². The fraction of sp³-hybridized carbons (Fsp3) is 0.310. The molecule has 0 aliphatic carbocycles. The lowest BCUT2D eigenvalue weighted by atomic mass is 10.0. The molecule has 3 aromatic carbocycles. The van der Waals surface area contributed by atoms with E-state index >= 15 is 0 Å². The summed E-state index contributed by atoms with van der Waals surface area (Å²) < 4.78 is 11.1. The van der Waals surface area contributed by atoms with E-state index < -0.39 is 11.6 Å². The molecule has 2 amide bonds. The van der Waals surface area contributed by atoms with Crippen LogP contribution in [0.5, 0.6) is 11.5 Å². The zero-order valence-corrected chi connectivity index (χ0v) is 20.9. The molecule has 35 heavy (non-hydrogen) atoms. The van der Waals surface area contributed by atoms with Crippen LogP contribution in [0.3, 0.4) is 0 Å². The summed E-state index contributed by atoms with van der Waals surface area (Å²) in [5.74, 6) is 0.800. The Kier molecular flexibility index (Phi) is 8.90. The molecule has 0 spiro atoms. The Bertz CT molecular complexity index is 1090. The monoisotopic (exact) mass is 474 g/mol. The summed E-state index contributed by atoms with van der Waals surface area (Å²) in [6, 6.07) is 25.7. The maximum Gasteiger partial charge on any atom is 0.261 e. The van der Waals surface area contributed by atoms with Gasteiger partial charge in [-0.3, -0.25) is 9.59 Å². The number of ether oxygens (including phenoxy) is 2. The highest BCUT2D eigenvalue weighted by molar-refractivity contribution is 5.89. The van der Waals surface area contributed by atoms with Gasteiger partial charge in [0, 0.05) is 18.5 Å². The van der Waals surface area contributed by atoms with Crippen molar-refractivity contribution in [2.75, 3.05) is 13.7 Å². The maximum absolute atomic E-state index is 13.6. The molecule has 0 saturated heterocycles. The Labute approximate surface area is 207 Å². The number of carbonyl (C=O) groups is 2. The number of hydrogen-bond acceptors (Lipinski definition) is 4. The van der Waals surface area contributed by atoms with Gasteiger partial charge in [0.15, 0.2) is 6.61 Å². The van der Waals surface area contributed by atoms with Gasteiger partial charge in [0.25, 0.3) is 5.91 Å². The molecule has 0 aliphatic heterocycles. The first-order valence-corrected chi connectivity index (χ1v) is 11.7. The Morgan fingerprint density at radius 2 is 1.46 bits per heavy atom. The summed E-state index contributed by atoms with van der Waals surface area (Å²) in [6.45, 7) is 5.84. The lowest BCUT2D eigenvalue weighted by molar-refractivity contribution is -0.143. The molecule has 0 bridgehead atoms. The molecular weight excluding hydrogens is 440 g/mol. The van der Waals surface area contributed by atoms with Crippen LogP contribution in [0.1, 0.15) is 31.9 Å². The van der Waals surface area contributed by atoms with E-state index in [0.717, 1.165) is 11.1 Å². The summed E-state index contributed by atoms with van der Waals surface area (Å²) in [6.07, 6.45) is 0.379. The number of para-hydroxylation sites is 1. The van der Waals surface area contributed by atoms with Crippen molar-refractivity contribution in [3.8, 4) is 11.5 Å². The van der Waals surface area contributed by atoms with Crippen LogP contribution in [0.2, 0.25) is 0 Å². The summed E-state index contributed by atoms with van der Waals surface area (Å²) in [7, 11) is 1.60. The van der Waals surface area contributed by atoms with E-state index in [1.165, 1.54) is 0 Å². The van der Waals surface area contributed by atoms with Crippen molar-refractivity contribution in [3.63, 3.8) is 0 Å². The molecule has 6 heteroatoms. The predicted octanol–water partition coefficient (Wildman–Crippen LogP) is 4.63. The van der Waals surface area contributed by atoms with E-state index in [9.17, 15) is 9.59 Å². The first kappa shape index (κ1) is 25.8. The first-order valence-electron chi connectivity index (χ1n) is 11.7. The average molecular weight is 475 g/mol. The molecule has 1 N–H and O–H groups in total. The Hall–Kier alpha value is -3.80. The van der Waals surface area contributed by atoms with Crippen LogP contribution >= 0.6 is 0 Å². The van der Waals surface area contributed by atoms with Gasteiger partial charge in [0.2, 0.25) is 5.91 Å². The van der Waals surface area contributed by atoms with E-state index in [4.69, 9.17) is 9.47 Å². The quantitative estimate of drug-likeness (QED) is 0.465. The third kappa shape index (κ3) is 8.18. The zero-order chi connectivity index (χ0) is 25.3. The van der Waals surface area contributed by atoms with E-state index in [1.54, 1.807) is 24.1 Å². The van der Waals surface area contributed by atoms with Crippen LogP contribution in [-0.4, -0.2) is 42.0 Å². The number of rotatable bonds is 10. The first-order chi connectivity index (χ1) is 16.7. The number of nitrogens with zero attached hydrogens (tertiary/aromatic N) is 1. The van der Waals surface area contributed by atoms with Crippen LogP contribution in [-0.2, 0) is 22.6 Å². The van der Waals surface area contributed by atoms with Crippen molar-refractivity contribution in [1.82, 2.24) is 10.2 Å². The van der Waals surface area contributed by atoms with Gasteiger partial charge in [-0.05, 0) is 56.2 Å². The Morgan fingerprint density at radius 1 is 0.857 bits per heavy atom. The highest BCUT2D eigenvalue weighted by Gasteiger charge is 2.32. The van der Waals surface area contributed by atoms with E-state index in [0.29, 0.717) is 17.9 Å². The molecule has 184 valence electrons. The van der Waals surface area contributed by atoms with Gasteiger partial charge in [-0.1, -0.05) is 60.7 Å². The van der Waals surface area contributed by atoms with Crippen molar-refractivity contribution < 1.29 is 19.1 Å². The minimum atomic E-state index is -0.727. The second-order valence-electron chi connectivity index (χ2n) is 9.42. The fourth-order valence-corrected chi connectivity index (χ4v) is 3.72. The van der Waals surface area contributed by atoms with Gasteiger partial charge in [0.1, 0.15) is 17.5 Å². The van der Waals surface area contributed by atoms with Gasteiger partial charge in [-0.2, -0.15) is 0 Å². The van der Waals surface area contributed by atoms with Crippen molar-refractivity contribution in [2.24, 2.45) is 0 Å². The number of nitrogens with one attached hydrogen (secondary N) is 1. The number of hydrogen-bond donors (Lipinski definition) is 1. The highest BCUT2D eigenvalue weighted by atomic mass is 16.5. The molecule has 1 atom stereocenters. The number of amides is 2. The topological polar surface area (TPSA) is 67.9 Å². The molecule has 0 radical (unpaired) electrons. The molecule has 0 unspecified atom stereocenters. The van der Waals surface area contributed by atoms with Gasteiger partial charge in [0.05, 0.1) is 7.11 Å². The predicted molar refractivity (Wildman–Crippen MR) is 137 cm³/mol. The lowest BCUT2D eigenvalue weighted by Crippen LogP contribution is -2.55. The standard InChI is InChI=1S/C29H34N2O4/c1-29(2,3)30-28(33)26(19-22-12-7-5-8-13-22)31(20-23-14-11-17-25(18-23)34-4)27(32)21-35-24-15-9-6-10-16-24/h5-18,26H,19-21H2,1-4H3,(H,30,33)/t26-/m1/s1. The molecule has 3 rings (SSSR count). The minimum absolute atomic E-state index is 0.179. The highest BCUT2D eigenvalue weighted by Crippen LogP contribution is 2.19. The van der Waals surface area contributed by atoms with Crippen LogP contribution in [0.25, 0.3) is 0 Å². The molecule has 0 aliphatic rings. The lowest BCUT2D eigenvalue weighted by Gasteiger charge is -2.33. The molecule has 6 nitrogen and oxygen atoms in total. The van der Waals surface area contributed by atoms with Crippen LogP contribution in [0.15, 0.2) is 84.9 Å².